The molecule has 176 valence electrons. The van der Waals surface area contributed by atoms with E-state index in [9.17, 15) is 14.8 Å². The van der Waals surface area contributed by atoms with Gasteiger partial charge in [0.15, 0.2) is 0 Å². The maximum atomic E-state index is 11.8. The van der Waals surface area contributed by atoms with Crippen LogP contribution in [0, 0.1) is 6.92 Å². The second kappa shape index (κ2) is 10.2. The van der Waals surface area contributed by atoms with Crippen molar-refractivity contribution in [2.24, 2.45) is 12.2 Å². The lowest BCUT2D eigenvalue weighted by Crippen LogP contribution is -2.22. The van der Waals surface area contributed by atoms with E-state index in [0.717, 1.165) is 27.8 Å². The minimum atomic E-state index is -0.956. The Morgan fingerprint density at radius 2 is 1.57 bits per heavy atom. The number of carboxylic acid groups (broad SMARTS) is 1. The normalized spacial score (nSPS) is 12.3. The molecule has 1 aromatic heterocycles. The van der Waals surface area contributed by atoms with Crippen LogP contribution < -0.4 is 5.56 Å². The monoisotopic (exact) mass is 467 g/mol. The molecule has 3 aromatic carbocycles. The van der Waals surface area contributed by atoms with E-state index in [1.165, 1.54) is 10.7 Å². The number of hydrogen-bond donors (Lipinski definition) is 2. The zero-order chi connectivity index (χ0) is 24.9. The van der Waals surface area contributed by atoms with Gasteiger partial charge in [0.1, 0.15) is 11.4 Å². The molecule has 0 radical (unpaired) electrons. The van der Waals surface area contributed by atoms with E-state index in [1.807, 2.05) is 49.4 Å². The van der Waals surface area contributed by atoms with Crippen molar-refractivity contribution in [2.45, 2.75) is 19.3 Å². The Balaban J connectivity index is 1.70. The first-order chi connectivity index (χ1) is 16.9. The molecule has 7 heteroatoms. The van der Waals surface area contributed by atoms with E-state index in [0.29, 0.717) is 17.8 Å². The minimum Gasteiger partial charge on any atom is -0.478 e. The van der Waals surface area contributed by atoms with Crippen molar-refractivity contribution < 1.29 is 15.1 Å². The van der Waals surface area contributed by atoms with E-state index < -0.39 is 5.97 Å². The largest absolute Gasteiger partial charge is 0.478 e. The van der Waals surface area contributed by atoms with Gasteiger partial charge in [0, 0.05) is 25.5 Å². The Bertz CT molecular complexity index is 1440. The van der Waals surface area contributed by atoms with Crippen molar-refractivity contribution in [3.63, 3.8) is 0 Å². The molecule has 0 amide bonds. The lowest BCUT2D eigenvalue weighted by molar-refractivity contribution is 0.0697. The highest BCUT2D eigenvalue weighted by Gasteiger charge is 2.21. The minimum absolute atomic E-state index is 0.121. The maximum absolute atomic E-state index is 11.8. The van der Waals surface area contributed by atoms with Gasteiger partial charge in [0.2, 0.25) is 0 Å². The summed E-state index contributed by atoms with van der Waals surface area (Å²) in [4.78, 5) is 22.9. The maximum Gasteiger partial charge on any atom is 0.335 e. The van der Waals surface area contributed by atoms with Crippen molar-refractivity contribution in [1.82, 2.24) is 9.78 Å². The molecule has 0 fully saturated rings. The van der Waals surface area contributed by atoms with Gasteiger partial charge in [-0.2, -0.15) is 5.10 Å². The van der Waals surface area contributed by atoms with E-state index in [-0.39, 0.29) is 17.0 Å². The van der Waals surface area contributed by atoms with Crippen LogP contribution in [0.1, 0.15) is 45.1 Å². The molecule has 0 bridgehead atoms. The third-order valence-electron chi connectivity index (χ3n) is 6.12. The van der Waals surface area contributed by atoms with Gasteiger partial charge >= 0.3 is 5.97 Å². The third-order valence-corrected chi connectivity index (χ3v) is 6.12. The van der Waals surface area contributed by atoms with E-state index in [4.69, 9.17) is 5.11 Å². The summed E-state index contributed by atoms with van der Waals surface area (Å²) in [5.74, 6) is -1.08. The lowest BCUT2D eigenvalue weighted by Gasteiger charge is -2.21. The Labute approximate surface area is 202 Å². The Hall–Kier alpha value is -4.52. The molecule has 4 rings (SSSR count). The number of rotatable bonds is 7. The topological polar surface area (TPSA) is 105 Å². The molecule has 0 aliphatic carbocycles. The van der Waals surface area contributed by atoms with Crippen molar-refractivity contribution in [3.8, 4) is 11.1 Å². The second-order valence-electron chi connectivity index (χ2n) is 8.34. The van der Waals surface area contributed by atoms with Gasteiger partial charge in [-0.3, -0.25) is 4.79 Å². The fourth-order valence-electron chi connectivity index (χ4n) is 4.14. The van der Waals surface area contributed by atoms with Crippen molar-refractivity contribution in [3.05, 3.63) is 123 Å². The van der Waals surface area contributed by atoms with Crippen molar-refractivity contribution in [2.75, 3.05) is 0 Å². The fourth-order valence-corrected chi connectivity index (χ4v) is 4.14. The average molecular weight is 468 g/mol. The van der Waals surface area contributed by atoms with Gasteiger partial charge in [-0.15, -0.1) is 0 Å². The molecule has 0 aliphatic rings. The zero-order valence-electron chi connectivity index (χ0n) is 19.4. The highest BCUT2D eigenvalue weighted by atomic mass is 16.4. The fraction of sp³-hybridized carbons (Fsp3) is 0.143. The summed E-state index contributed by atoms with van der Waals surface area (Å²) in [5, 5.41) is 26.7. The molecule has 0 saturated heterocycles. The number of aromatic carboxylic acids is 1. The Morgan fingerprint density at radius 1 is 0.943 bits per heavy atom. The van der Waals surface area contributed by atoms with E-state index in [2.05, 4.69) is 16.3 Å². The molecule has 0 aliphatic heterocycles. The number of benzene rings is 3. The standard InChI is InChI=1S/C28H25N3O4/c1-18-5-3-4-6-23(18)24(17-26(30-35)25-15-16-27(32)31(2)29-25)21-11-7-19(8-12-21)20-9-13-22(14-10-20)28(33)34/h3-16,24,35H,17H2,1-2H3,(H,33,34)/t24-/m1/s1. The van der Waals surface area contributed by atoms with Gasteiger partial charge in [0.05, 0.1) is 5.56 Å². The van der Waals surface area contributed by atoms with Gasteiger partial charge in [-0.1, -0.05) is 65.8 Å². The van der Waals surface area contributed by atoms with Crippen LogP contribution in [0.15, 0.2) is 94.9 Å². The number of hydrogen-bond acceptors (Lipinski definition) is 5. The number of aryl methyl sites for hydroxylation is 2. The van der Waals surface area contributed by atoms with Crippen molar-refractivity contribution in [1.29, 1.82) is 0 Å². The zero-order valence-corrected chi connectivity index (χ0v) is 19.4. The van der Waals surface area contributed by atoms with Crippen LogP contribution in [0.2, 0.25) is 0 Å². The summed E-state index contributed by atoms with van der Waals surface area (Å²) in [5.41, 5.74) is 5.92. The summed E-state index contributed by atoms with van der Waals surface area (Å²) in [7, 11) is 1.56. The van der Waals surface area contributed by atoms with Crippen LogP contribution in [-0.2, 0) is 7.05 Å². The summed E-state index contributed by atoms with van der Waals surface area (Å²) >= 11 is 0. The first-order valence-corrected chi connectivity index (χ1v) is 11.1. The summed E-state index contributed by atoms with van der Waals surface area (Å²) in [6, 6.07) is 25.8. The second-order valence-corrected chi connectivity index (χ2v) is 8.34. The smallest absolute Gasteiger partial charge is 0.335 e. The van der Waals surface area contributed by atoms with Crippen LogP contribution in [0.3, 0.4) is 0 Å². The number of carbonyl (C=O) groups is 1. The van der Waals surface area contributed by atoms with E-state index in [1.54, 1.807) is 37.4 Å². The predicted octanol–water partition coefficient (Wildman–Crippen LogP) is 4.85. The molecule has 0 saturated carbocycles. The molecule has 0 spiro atoms. The number of aromatic nitrogens is 2. The van der Waals surface area contributed by atoms with Gasteiger partial charge in [0.25, 0.3) is 5.56 Å². The van der Waals surface area contributed by atoms with Gasteiger partial charge < -0.3 is 10.3 Å². The average Bonchev–Trinajstić information content (AvgIpc) is 2.87. The molecule has 4 aromatic rings. The summed E-state index contributed by atoms with van der Waals surface area (Å²) < 4.78 is 1.22. The quantitative estimate of drug-likeness (QED) is 0.230. The number of oxime groups is 1. The van der Waals surface area contributed by atoms with Crippen LogP contribution >= 0.6 is 0 Å². The Morgan fingerprint density at radius 3 is 2.14 bits per heavy atom. The molecule has 1 atom stereocenters. The molecule has 2 N–H and O–H groups in total. The van der Waals surface area contributed by atoms with Crippen LogP contribution in [0.25, 0.3) is 11.1 Å². The molecule has 1 heterocycles. The first kappa shape index (κ1) is 23.6. The highest BCUT2D eigenvalue weighted by molar-refractivity contribution is 5.99. The summed E-state index contributed by atoms with van der Waals surface area (Å²) in [6.07, 6.45) is 0.374. The third kappa shape index (κ3) is 5.19. The van der Waals surface area contributed by atoms with Gasteiger partial charge in [-0.25, -0.2) is 9.48 Å². The predicted molar refractivity (Wildman–Crippen MR) is 134 cm³/mol. The Kier molecular flexibility index (Phi) is 6.87. The number of carboxylic acids is 1. The molecule has 0 unspecified atom stereocenters. The van der Waals surface area contributed by atoms with E-state index >= 15 is 0 Å². The van der Waals surface area contributed by atoms with Crippen LogP contribution in [0.4, 0.5) is 0 Å². The lowest BCUT2D eigenvalue weighted by atomic mass is 9.83. The summed E-state index contributed by atoms with van der Waals surface area (Å²) in [6.45, 7) is 2.04. The molecular weight excluding hydrogens is 442 g/mol. The van der Waals surface area contributed by atoms with Gasteiger partial charge in [-0.05, 0) is 52.9 Å². The SMILES string of the molecule is Cc1ccccc1[C@H](CC(=NO)c1ccc(=O)n(C)n1)c1ccc(-c2ccc(C(=O)O)cc2)cc1. The molecular formula is C28H25N3O4. The first-order valence-electron chi connectivity index (χ1n) is 11.1. The van der Waals surface area contributed by atoms with Crippen LogP contribution in [-0.4, -0.2) is 31.8 Å². The number of nitrogens with zero attached hydrogens (tertiary/aromatic N) is 3. The highest BCUT2D eigenvalue weighted by Crippen LogP contribution is 2.33. The molecule has 7 nitrogen and oxygen atoms in total. The van der Waals surface area contributed by atoms with Crippen molar-refractivity contribution >= 4 is 11.7 Å². The van der Waals surface area contributed by atoms with Crippen LogP contribution in [0.5, 0.6) is 0 Å². The molecule has 35 heavy (non-hydrogen) atoms.